The highest BCUT2D eigenvalue weighted by Crippen LogP contribution is 2.28. The zero-order valence-corrected chi connectivity index (χ0v) is 13.1. The lowest BCUT2D eigenvalue weighted by atomic mass is 10.0. The lowest BCUT2D eigenvalue weighted by molar-refractivity contribution is 0.0698. The quantitative estimate of drug-likeness (QED) is 0.752. The molecule has 0 atom stereocenters. The molecule has 1 N–H and O–H groups in total. The standard InChI is InChI=1S/C19H18FNO2/c1-12(2)10-21-11-17(19(22)23)16-8-5-14(9-18(16)21)13-3-6-15(20)7-4-13/h3-9,11-12H,10H2,1-2H3,(H,22,23). The van der Waals surface area contributed by atoms with E-state index < -0.39 is 5.97 Å². The average molecular weight is 311 g/mol. The van der Waals surface area contributed by atoms with Gasteiger partial charge in [0, 0.05) is 23.6 Å². The SMILES string of the molecule is CC(C)Cn1cc(C(=O)O)c2ccc(-c3ccc(F)cc3)cc21. The van der Waals surface area contributed by atoms with Crippen LogP contribution < -0.4 is 0 Å². The van der Waals surface area contributed by atoms with Crippen molar-refractivity contribution in [3.05, 3.63) is 60.0 Å². The molecule has 118 valence electrons. The second-order valence-corrected chi connectivity index (χ2v) is 6.13. The van der Waals surface area contributed by atoms with Gasteiger partial charge in [0.2, 0.25) is 0 Å². The van der Waals surface area contributed by atoms with E-state index in [1.807, 2.05) is 22.8 Å². The van der Waals surface area contributed by atoms with Crippen molar-refractivity contribution in [1.29, 1.82) is 0 Å². The van der Waals surface area contributed by atoms with Gasteiger partial charge in [-0.05, 0) is 35.2 Å². The molecule has 3 aromatic rings. The summed E-state index contributed by atoms with van der Waals surface area (Å²) in [6.07, 6.45) is 1.70. The Morgan fingerprint density at radius 3 is 2.39 bits per heavy atom. The van der Waals surface area contributed by atoms with Crippen LogP contribution in [0.5, 0.6) is 0 Å². The molecule has 0 spiro atoms. The molecular formula is C19H18FNO2. The van der Waals surface area contributed by atoms with Gasteiger partial charge in [-0.25, -0.2) is 9.18 Å². The van der Waals surface area contributed by atoms with Crippen LogP contribution in [0.1, 0.15) is 24.2 Å². The molecule has 0 radical (unpaired) electrons. The van der Waals surface area contributed by atoms with E-state index in [0.29, 0.717) is 11.5 Å². The minimum absolute atomic E-state index is 0.272. The Kier molecular flexibility index (Phi) is 3.90. The fourth-order valence-corrected chi connectivity index (χ4v) is 2.83. The van der Waals surface area contributed by atoms with Gasteiger partial charge in [-0.3, -0.25) is 0 Å². The van der Waals surface area contributed by atoms with Crippen molar-refractivity contribution in [2.24, 2.45) is 5.92 Å². The van der Waals surface area contributed by atoms with Gasteiger partial charge in [-0.1, -0.05) is 38.1 Å². The van der Waals surface area contributed by atoms with Crippen molar-refractivity contribution in [1.82, 2.24) is 4.57 Å². The van der Waals surface area contributed by atoms with Gasteiger partial charge in [-0.2, -0.15) is 0 Å². The van der Waals surface area contributed by atoms with E-state index >= 15 is 0 Å². The Hall–Kier alpha value is -2.62. The topological polar surface area (TPSA) is 42.2 Å². The maximum atomic E-state index is 13.1. The third kappa shape index (κ3) is 2.97. The van der Waals surface area contributed by atoms with Gasteiger partial charge < -0.3 is 9.67 Å². The van der Waals surface area contributed by atoms with E-state index in [0.717, 1.165) is 28.6 Å². The van der Waals surface area contributed by atoms with Crippen molar-refractivity contribution in [3.63, 3.8) is 0 Å². The van der Waals surface area contributed by atoms with E-state index in [2.05, 4.69) is 13.8 Å². The molecule has 0 aliphatic carbocycles. The van der Waals surface area contributed by atoms with Crippen LogP contribution in [0, 0.1) is 11.7 Å². The van der Waals surface area contributed by atoms with Crippen LogP contribution in [0.25, 0.3) is 22.0 Å². The van der Waals surface area contributed by atoms with E-state index in [4.69, 9.17) is 0 Å². The third-order valence-electron chi connectivity index (χ3n) is 3.85. The average Bonchev–Trinajstić information content (AvgIpc) is 2.86. The molecule has 23 heavy (non-hydrogen) atoms. The fourth-order valence-electron chi connectivity index (χ4n) is 2.83. The summed E-state index contributed by atoms with van der Waals surface area (Å²) in [6.45, 7) is 4.93. The number of rotatable bonds is 4. The molecule has 0 aliphatic rings. The highest BCUT2D eigenvalue weighted by Gasteiger charge is 2.15. The lowest BCUT2D eigenvalue weighted by Gasteiger charge is -2.09. The first kappa shape index (κ1) is 15.3. The number of carboxylic acid groups (broad SMARTS) is 1. The van der Waals surface area contributed by atoms with Crippen molar-refractivity contribution in [2.75, 3.05) is 0 Å². The van der Waals surface area contributed by atoms with Crippen LogP contribution >= 0.6 is 0 Å². The summed E-state index contributed by atoms with van der Waals surface area (Å²) >= 11 is 0. The Labute approximate surface area is 134 Å². The molecule has 1 heterocycles. The predicted molar refractivity (Wildman–Crippen MR) is 89.1 cm³/mol. The van der Waals surface area contributed by atoms with Crippen LogP contribution in [0.2, 0.25) is 0 Å². The first-order valence-corrected chi connectivity index (χ1v) is 7.58. The number of hydrogen-bond donors (Lipinski definition) is 1. The molecule has 0 aliphatic heterocycles. The molecule has 2 aromatic carbocycles. The first-order chi connectivity index (χ1) is 11.0. The maximum Gasteiger partial charge on any atom is 0.337 e. The maximum absolute atomic E-state index is 13.1. The summed E-state index contributed by atoms with van der Waals surface area (Å²) in [6, 6.07) is 12.0. The summed E-state index contributed by atoms with van der Waals surface area (Å²) in [5, 5.41) is 10.1. The Morgan fingerprint density at radius 1 is 1.13 bits per heavy atom. The number of hydrogen-bond acceptors (Lipinski definition) is 1. The lowest BCUT2D eigenvalue weighted by Crippen LogP contribution is -2.03. The van der Waals surface area contributed by atoms with Gasteiger partial charge in [0.1, 0.15) is 5.82 Å². The summed E-state index contributed by atoms with van der Waals surface area (Å²) in [5.41, 5.74) is 3.05. The van der Waals surface area contributed by atoms with E-state index in [1.54, 1.807) is 18.3 Å². The largest absolute Gasteiger partial charge is 0.478 e. The predicted octanol–water partition coefficient (Wildman–Crippen LogP) is 4.80. The molecule has 0 saturated heterocycles. The number of aromatic nitrogens is 1. The Bertz CT molecular complexity index is 863. The van der Waals surface area contributed by atoms with Crippen LogP contribution in [0.4, 0.5) is 4.39 Å². The molecule has 3 rings (SSSR count). The fraction of sp³-hybridized carbons (Fsp3) is 0.211. The van der Waals surface area contributed by atoms with E-state index in [-0.39, 0.29) is 5.82 Å². The Morgan fingerprint density at radius 2 is 1.78 bits per heavy atom. The third-order valence-corrected chi connectivity index (χ3v) is 3.85. The van der Waals surface area contributed by atoms with Crippen molar-refractivity contribution in [3.8, 4) is 11.1 Å². The number of carbonyl (C=O) groups is 1. The molecular weight excluding hydrogens is 293 g/mol. The van der Waals surface area contributed by atoms with Crippen molar-refractivity contribution >= 4 is 16.9 Å². The Balaban J connectivity index is 2.17. The second kappa shape index (κ2) is 5.88. The van der Waals surface area contributed by atoms with Crippen LogP contribution in [0.3, 0.4) is 0 Å². The molecule has 0 amide bonds. The monoisotopic (exact) mass is 311 g/mol. The van der Waals surface area contributed by atoms with Gasteiger partial charge >= 0.3 is 5.97 Å². The van der Waals surface area contributed by atoms with Gasteiger partial charge in [0.05, 0.1) is 5.56 Å². The zero-order chi connectivity index (χ0) is 16.6. The number of aromatic carboxylic acids is 1. The minimum atomic E-state index is -0.924. The summed E-state index contributed by atoms with van der Waals surface area (Å²) in [5.74, 6) is -0.792. The number of benzene rings is 2. The molecule has 3 nitrogen and oxygen atoms in total. The summed E-state index contributed by atoms with van der Waals surface area (Å²) in [4.78, 5) is 11.5. The molecule has 0 unspecified atom stereocenters. The minimum Gasteiger partial charge on any atom is -0.478 e. The molecule has 4 heteroatoms. The van der Waals surface area contributed by atoms with Gasteiger partial charge in [-0.15, -0.1) is 0 Å². The van der Waals surface area contributed by atoms with Gasteiger partial charge in [0.25, 0.3) is 0 Å². The van der Waals surface area contributed by atoms with E-state index in [1.165, 1.54) is 12.1 Å². The highest BCUT2D eigenvalue weighted by molar-refractivity contribution is 6.04. The molecule has 0 bridgehead atoms. The molecule has 0 fully saturated rings. The summed E-state index contributed by atoms with van der Waals surface area (Å²) in [7, 11) is 0. The number of nitrogens with zero attached hydrogens (tertiary/aromatic N) is 1. The summed E-state index contributed by atoms with van der Waals surface area (Å²) < 4.78 is 15.1. The van der Waals surface area contributed by atoms with E-state index in [9.17, 15) is 14.3 Å². The van der Waals surface area contributed by atoms with Crippen LogP contribution in [0.15, 0.2) is 48.7 Å². The smallest absolute Gasteiger partial charge is 0.337 e. The van der Waals surface area contributed by atoms with Crippen LogP contribution in [-0.2, 0) is 6.54 Å². The van der Waals surface area contributed by atoms with Crippen molar-refractivity contribution in [2.45, 2.75) is 20.4 Å². The molecule has 0 saturated carbocycles. The highest BCUT2D eigenvalue weighted by atomic mass is 19.1. The number of fused-ring (bicyclic) bond motifs is 1. The number of carboxylic acids is 1. The number of halogens is 1. The first-order valence-electron chi connectivity index (χ1n) is 7.58. The van der Waals surface area contributed by atoms with Crippen LogP contribution in [-0.4, -0.2) is 15.6 Å². The van der Waals surface area contributed by atoms with Gasteiger partial charge in [0.15, 0.2) is 0 Å². The molecule has 1 aromatic heterocycles. The zero-order valence-electron chi connectivity index (χ0n) is 13.1. The van der Waals surface area contributed by atoms with Crippen molar-refractivity contribution < 1.29 is 14.3 Å². The second-order valence-electron chi connectivity index (χ2n) is 6.13. The normalized spacial score (nSPS) is 11.3.